The normalized spacial score (nSPS) is 14.8. The smallest absolute Gasteiger partial charge is 0.271 e. The van der Waals surface area contributed by atoms with E-state index in [4.69, 9.17) is 5.11 Å². The molecule has 4 heteroatoms. The summed E-state index contributed by atoms with van der Waals surface area (Å²) in [5, 5.41) is 11.6. The molecule has 0 saturated heterocycles. The fraction of sp³-hybridized carbons (Fsp3) is 0.467. The number of hydrogen-bond donors (Lipinski definition) is 2. The number of nitrogens with one attached hydrogen (secondary N) is 1. The third kappa shape index (κ3) is 3.80. The molecule has 1 aliphatic carbocycles. The Kier molecular flexibility index (Phi) is 4.93. The first-order valence-corrected chi connectivity index (χ1v) is 6.64. The lowest BCUT2D eigenvalue weighted by atomic mass is 10.1. The van der Waals surface area contributed by atoms with Crippen LogP contribution >= 0.6 is 0 Å². The van der Waals surface area contributed by atoms with Crippen LogP contribution in [0.4, 0.5) is 0 Å². The molecule has 0 bridgehead atoms. The molecule has 1 aromatic rings. The average molecular weight is 258 g/mol. The molecule has 1 heterocycles. The third-order valence-corrected chi connectivity index (χ3v) is 3.35. The van der Waals surface area contributed by atoms with Gasteiger partial charge in [-0.3, -0.25) is 4.79 Å². The Balaban J connectivity index is 2.01. The van der Waals surface area contributed by atoms with E-state index in [0.29, 0.717) is 23.7 Å². The van der Waals surface area contributed by atoms with Crippen LogP contribution in [0.15, 0.2) is 18.3 Å². The molecule has 0 aliphatic heterocycles. The zero-order valence-corrected chi connectivity index (χ0v) is 10.9. The van der Waals surface area contributed by atoms with Gasteiger partial charge >= 0.3 is 0 Å². The summed E-state index contributed by atoms with van der Waals surface area (Å²) < 4.78 is 0. The third-order valence-electron chi connectivity index (χ3n) is 3.35. The fourth-order valence-electron chi connectivity index (χ4n) is 2.36. The minimum absolute atomic E-state index is 0.185. The van der Waals surface area contributed by atoms with Gasteiger partial charge in [0.1, 0.15) is 12.3 Å². The van der Waals surface area contributed by atoms with E-state index in [2.05, 4.69) is 22.1 Å². The van der Waals surface area contributed by atoms with E-state index in [1.807, 2.05) is 0 Å². The quantitative estimate of drug-likeness (QED) is 0.804. The molecular formula is C15H18N2O2. The number of aliphatic hydroxyl groups excluding tert-OH is 1. The number of rotatable bonds is 3. The number of aromatic nitrogens is 1. The number of amides is 1. The van der Waals surface area contributed by atoms with Crippen molar-refractivity contribution in [3.8, 4) is 11.8 Å². The molecule has 1 fully saturated rings. The highest BCUT2D eigenvalue weighted by Gasteiger charge is 2.17. The van der Waals surface area contributed by atoms with E-state index >= 15 is 0 Å². The first-order chi connectivity index (χ1) is 9.31. The van der Waals surface area contributed by atoms with Gasteiger partial charge in [0.25, 0.3) is 5.91 Å². The van der Waals surface area contributed by atoms with E-state index in [-0.39, 0.29) is 12.5 Å². The zero-order valence-electron chi connectivity index (χ0n) is 10.9. The predicted molar refractivity (Wildman–Crippen MR) is 72.5 cm³/mol. The first-order valence-electron chi connectivity index (χ1n) is 6.64. The lowest BCUT2D eigenvalue weighted by Crippen LogP contribution is -2.29. The van der Waals surface area contributed by atoms with Gasteiger partial charge in [0, 0.05) is 12.7 Å². The van der Waals surface area contributed by atoms with Crippen LogP contribution in [-0.2, 0) is 0 Å². The molecule has 2 N–H and O–H groups in total. The number of carbonyl (C=O) groups excluding carboxylic acids is 1. The summed E-state index contributed by atoms with van der Waals surface area (Å²) in [6, 6.07) is 3.47. The summed E-state index contributed by atoms with van der Waals surface area (Å²) in [5.41, 5.74) is 0.891. The molecular weight excluding hydrogens is 240 g/mol. The highest BCUT2D eigenvalue weighted by molar-refractivity contribution is 5.94. The van der Waals surface area contributed by atoms with Gasteiger partial charge in [-0.2, -0.15) is 0 Å². The molecule has 2 rings (SSSR count). The average Bonchev–Trinajstić information content (AvgIpc) is 2.96. The lowest BCUT2D eigenvalue weighted by Gasteiger charge is -2.10. The second-order valence-electron chi connectivity index (χ2n) is 4.72. The van der Waals surface area contributed by atoms with Crippen LogP contribution < -0.4 is 5.32 Å². The summed E-state index contributed by atoms with van der Waals surface area (Å²) in [5.74, 6) is 5.70. The Hall–Kier alpha value is -1.86. The minimum Gasteiger partial charge on any atom is -0.384 e. The van der Waals surface area contributed by atoms with E-state index in [1.54, 1.807) is 18.3 Å². The van der Waals surface area contributed by atoms with Crippen molar-refractivity contribution in [2.75, 3.05) is 13.2 Å². The molecule has 0 atom stereocenters. The number of nitrogens with zero attached hydrogens (tertiary/aromatic N) is 1. The van der Waals surface area contributed by atoms with E-state index in [0.717, 1.165) is 0 Å². The van der Waals surface area contributed by atoms with Crippen molar-refractivity contribution < 1.29 is 9.90 Å². The fourth-order valence-corrected chi connectivity index (χ4v) is 2.36. The number of hydrogen-bond acceptors (Lipinski definition) is 3. The lowest BCUT2D eigenvalue weighted by molar-refractivity contribution is 0.0942. The van der Waals surface area contributed by atoms with Gasteiger partial charge in [0.2, 0.25) is 0 Å². The molecule has 1 saturated carbocycles. The van der Waals surface area contributed by atoms with Crippen molar-refractivity contribution >= 4 is 5.91 Å². The Labute approximate surface area is 113 Å². The Bertz CT molecular complexity index is 496. The number of pyridine rings is 1. The summed E-state index contributed by atoms with van der Waals surface area (Å²) in [4.78, 5) is 16.2. The zero-order chi connectivity index (χ0) is 13.5. The topological polar surface area (TPSA) is 62.2 Å². The molecule has 0 unspecified atom stereocenters. The van der Waals surface area contributed by atoms with Crippen LogP contribution in [-0.4, -0.2) is 29.1 Å². The van der Waals surface area contributed by atoms with E-state index in [1.165, 1.54) is 25.7 Å². The van der Waals surface area contributed by atoms with Crippen molar-refractivity contribution in [3.05, 3.63) is 29.6 Å². The summed E-state index contributed by atoms with van der Waals surface area (Å²) >= 11 is 0. The first kappa shape index (κ1) is 13.6. The van der Waals surface area contributed by atoms with Crippen molar-refractivity contribution in [3.63, 3.8) is 0 Å². The molecule has 0 aromatic carbocycles. The molecule has 100 valence electrons. The van der Waals surface area contributed by atoms with Gasteiger partial charge in [-0.05, 0) is 30.9 Å². The standard InChI is InChI=1S/C15H18N2O2/c18-10-4-8-13-7-3-9-16-14(13)15(19)17-11-12-5-1-2-6-12/h3,7,9,12,18H,1-2,5-6,10-11H2,(H,17,19). The second kappa shape index (κ2) is 6.91. The Morgan fingerprint density at radius 2 is 2.26 bits per heavy atom. The van der Waals surface area contributed by atoms with Gasteiger partial charge in [-0.25, -0.2) is 4.98 Å². The number of aliphatic hydroxyl groups is 1. The summed E-state index contributed by atoms with van der Waals surface area (Å²) in [6.45, 7) is 0.486. The summed E-state index contributed by atoms with van der Waals surface area (Å²) in [7, 11) is 0. The molecule has 0 radical (unpaired) electrons. The monoisotopic (exact) mass is 258 g/mol. The number of carbonyl (C=O) groups is 1. The van der Waals surface area contributed by atoms with Gasteiger partial charge in [-0.1, -0.05) is 24.7 Å². The SMILES string of the molecule is O=C(NCC1CCCC1)c1ncccc1C#CCO. The second-order valence-corrected chi connectivity index (χ2v) is 4.72. The van der Waals surface area contributed by atoms with Gasteiger partial charge < -0.3 is 10.4 Å². The predicted octanol–water partition coefficient (Wildman–Crippen LogP) is 1.35. The molecule has 1 amide bonds. The summed E-state index contributed by atoms with van der Waals surface area (Å²) in [6.07, 6.45) is 6.49. The Morgan fingerprint density at radius 1 is 1.47 bits per heavy atom. The van der Waals surface area contributed by atoms with E-state index in [9.17, 15) is 4.79 Å². The minimum atomic E-state index is -0.224. The van der Waals surface area contributed by atoms with Crippen LogP contribution in [0.3, 0.4) is 0 Å². The van der Waals surface area contributed by atoms with Crippen LogP contribution in [0.2, 0.25) is 0 Å². The molecule has 1 aromatic heterocycles. The molecule has 0 spiro atoms. The van der Waals surface area contributed by atoms with E-state index < -0.39 is 0 Å². The maximum atomic E-state index is 12.1. The van der Waals surface area contributed by atoms with Crippen LogP contribution in [0.5, 0.6) is 0 Å². The molecule has 4 nitrogen and oxygen atoms in total. The van der Waals surface area contributed by atoms with Crippen molar-refractivity contribution in [2.45, 2.75) is 25.7 Å². The maximum Gasteiger partial charge on any atom is 0.271 e. The molecule has 1 aliphatic rings. The van der Waals surface area contributed by atoms with Crippen molar-refractivity contribution in [1.29, 1.82) is 0 Å². The van der Waals surface area contributed by atoms with Crippen LogP contribution in [0.1, 0.15) is 41.7 Å². The van der Waals surface area contributed by atoms with Crippen LogP contribution in [0, 0.1) is 17.8 Å². The van der Waals surface area contributed by atoms with Gasteiger partial charge in [-0.15, -0.1) is 0 Å². The van der Waals surface area contributed by atoms with Gasteiger partial charge in [0.15, 0.2) is 0 Å². The highest BCUT2D eigenvalue weighted by Crippen LogP contribution is 2.23. The maximum absolute atomic E-state index is 12.1. The highest BCUT2D eigenvalue weighted by atomic mass is 16.2. The Morgan fingerprint density at radius 3 is 3.00 bits per heavy atom. The van der Waals surface area contributed by atoms with Crippen molar-refractivity contribution in [2.24, 2.45) is 5.92 Å². The largest absolute Gasteiger partial charge is 0.384 e. The van der Waals surface area contributed by atoms with Crippen molar-refractivity contribution in [1.82, 2.24) is 10.3 Å². The molecule has 19 heavy (non-hydrogen) atoms. The van der Waals surface area contributed by atoms with Gasteiger partial charge in [0.05, 0.1) is 5.56 Å². The van der Waals surface area contributed by atoms with Crippen LogP contribution in [0.25, 0.3) is 0 Å².